The molecule has 0 saturated carbocycles. The van der Waals surface area contributed by atoms with Gasteiger partial charge in [0.05, 0.1) is 24.9 Å². The van der Waals surface area contributed by atoms with E-state index in [1.165, 1.54) is 0 Å². The number of nitrogens with zero attached hydrogens (tertiary/aromatic N) is 1. The largest absolute Gasteiger partial charge is 0.379 e. The second kappa shape index (κ2) is 11.9. The molecule has 2 aliphatic heterocycles. The van der Waals surface area contributed by atoms with E-state index in [0.717, 1.165) is 74.8 Å². The van der Waals surface area contributed by atoms with E-state index in [9.17, 15) is 4.79 Å². The molecule has 2 saturated heterocycles. The summed E-state index contributed by atoms with van der Waals surface area (Å²) >= 11 is 1.74. The Bertz CT molecular complexity index is 626. The van der Waals surface area contributed by atoms with Crippen LogP contribution in [-0.2, 0) is 9.47 Å². The summed E-state index contributed by atoms with van der Waals surface area (Å²) in [6.07, 6.45) is 4.84. The fourth-order valence-electron chi connectivity index (χ4n) is 4.37. The number of carbonyl (C=O) groups is 1. The first kappa shape index (κ1) is 22.6. The van der Waals surface area contributed by atoms with Gasteiger partial charge in [0.1, 0.15) is 0 Å². The molecule has 2 atom stereocenters. The number of nitrogens with one attached hydrogen (secondary N) is 1. The van der Waals surface area contributed by atoms with Gasteiger partial charge in [-0.15, -0.1) is 11.8 Å². The predicted octanol–water partition coefficient (Wildman–Crippen LogP) is 3.82. The minimum Gasteiger partial charge on any atom is -0.379 e. The fourth-order valence-corrected chi connectivity index (χ4v) is 5.49. The van der Waals surface area contributed by atoms with E-state index in [1.807, 2.05) is 18.2 Å². The van der Waals surface area contributed by atoms with Gasteiger partial charge in [-0.2, -0.15) is 0 Å². The van der Waals surface area contributed by atoms with Crippen LogP contribution in [0.3, 0.4) is 0 Å². The maximum atomic E-state index is 13.0. The molecule has 3 rings (SSSR count). The summed E-state index contributed by atoms with van der Waals surface area (Å²) in [5, 5.41) is 3.25. The molecule has 0 aliphatic carbocycles. The summed E-state index contributed by atoms with van der Waals surface area (Å²) in [7, 11) is 0. The molecule has 1 amide bonds. The van der Waals surface area contributed by atoms with Crippen molar-refractivity contribution in [1.29, 1.82) is 0 Å². The van der Waals surface area contributed by atoms with Crippen LogP contribution in [0.4, 0.5) is 0 Å². The number of morpholine rings is 1. The van der Waals surface area contributed by atoms with Crippen LogP contribution in [-0.4, -0.2) is 68.2 Å². The first-order valence-corrected chi connectivity index (χ1v) is 12.1. The summed E-state index contributed by atoms with van der Waals surface area (Å²) in [6.45, 7) is 9.53. The second-order valence-electron chi connectivity index (χ2n) is 7.94. The molecular formula is C23H36N2O3S. The predicted molar refractivity (Wildman–Crippen MR) is 119 cm³/mol. The monoisotopic (exact) mass is 420 g/mol. The number of hydrogen-bond donors (Lipinski definition) is 1. The number of rotatable bonds is 10. The van der Waals surface area contributed by atoms with Gasteiger partial charge in [-0.25, -0.2) is 0 Å². The van der Waals surface area contributed by atoms with Crippen molar-refractivity contribution in [2.75, 3.05) is 45.2 Å². The van der Waals surface area contributed by atoms with Crippen molar-refractivity contribution >= 4 is 17.7 Å². The normalized spacial score (nSPS) is 21.4. The Morgan fingerprint density at radius 2 is 1.97 bits per heavy atom. The third-order valence-corrected chi connectivity index (χ3v) is 7.37. The summed E-state index contributed by atoms with van der Waals surface area (Å²) in [4.78, 5) is 16.6. The lowest BCUT2D eigenvalue weighted by Crippen LogP contribution is -2.52. The van der Waals surface area contributed by atoms with Crippen LogP contribution in [0.15, 0.2) is 29.2 Å². The number of hydrogen-bond acceptors (Lipinski definition) is 5. The minimum atomic E-state index is 0.0321. The van der Waals surface area contributed by atoms with Crippen molar-refractivity contribution in [2.45, 2.75) is 56.6 Å². The molecule has 2 aliphatic rings. The van der Waals surface area contributed by atoms with Gasteiger partial charge < -0.3 is 14.8 Å². The third kappa shape index (κ3) is 6.45. The molecule has 1 N–H and O–H groups in total. The van der Waals surface area contributed by atoms with E-state index in [-0.39, 0.29) is 5.91 Å². The fraction of sp³-hybridized carbons (Fsp3) is 0.696. The number of ether oxygens (including phenoxy) is 2. The molecule has 6 heteroatoms. The molecule has 0 radical (unpaired) electrons. The average Bonchev–Trinajstić information content (AvgIpc) is 3.29. The van der Waals surface area contributed by atoms with Crippen molar-refractivity contribution in [3.8, 4) is 0 Å². The van der Waals surface area contributed by atoms with E-state index >= 15 is 0 Å². The highest BCUT2D eigenvalue weighted by Crippen LogP contribution is 2.27. The van der Waals surface area contributed by atoms with Crippen LogP contribution in [0.5, 0.6) is 0 Å². The van der Waals surface area contributed by atoms with Crippen molar-refractivity contribution in [3.05, 3.63) is 29.8 Å². The van der Waals surface area contributed by atoms with E-state index in [2.05, 4.69) is 30.1 Å². The Labute approximate surface area is 179 Å². The van der Waals surface area contributed by atoms with E-state index in [4.69, 9.17) is 9.47 Å². The molecule has 5 nitrogen and oxygen atoms in total. The van der Waals surface area contributed by atoms with Gasteiger partial charge in [-0.3, -0.25) is 9.69 Å². The molecule has 0 bridgehead atoms. The molecule has 2 unspecified atom stereocenters. The first-order chi connectivity index (χ1) is 14.2. The highest BCUT2D eigenvalue weighted by Gasteiger charge is 2.27. The number of amides is 1. The van der Waals surface area contributed by atoms with Crippen molar-refractivity contribution in [1.82, 2.24) is 10.2 Å². The molecule has 162 valence electrons. The molecule has 0 spiro atoms. The van der Waals surface area contributed by atoms with Gasteiger partial charge in [0.2, 0.25) is 0 Å². The SMILES string of the molecule is CCC(CC)C(CNC(=O)c1ccccc1SCC1CCCO1)N1CCOCC1. The quantitative estimate of drug-likeness (QED) is 0.583. The van der Waals surface area contributed by atoms with Crippen LogP contribution in [0.25, 0.3) is 0 Å². The zero-order chi connectivity index (χ0) is 20.5. The van der Waals surface area contributed by atoms with Gasteiger partial charge in [0.25, 0.3) is 5.91 Å². The average molecular weight is 421 g/mol. The van der Waals surface area contributed by atoms with Gasteiger partial charge in [0, 0.05) is 42.9 Å². The lowest BCUT2D eigenvalue weighted by Gasteiger charge is -2.38. The molecule has 1 aromatic carbocycles. The van der Waals surface area contributed by atoms with Crippen molar-refractivity contribution in [2.24, 2.45) is 5.92 Å². The smallest absolute Gasteiger partial charge is 0.252 e. The molecule has 2 heterocycles. The molecule has 29 heavy (non-hydrogen) atoms. The highest BCUT2D eigenvalue weighted by atomic mass is 32.2. The van der Waals surface area contributed by atoms with Crippen LogP contribution in [0, 0.1) is 5.92 Å². The van der Waals surface area contributed by atoms with Crippen LogP contribution < -0.4 is 5.32 Å². The topological polar surface area (TPSA) is 50.8 Å². The lowest BCUT2D eigenvalue weighted by molar-refractivity contribution is 0.00190. The van der Waals surface area contributed by atoms with Crippen LogP contribution in [0.1, 0.15) is 49.9 Å². The third-order valence-electron chi connectivity index (χ3n) is 6.16. The molecule has 0 aromatic heterocycles. The Morgan fingerprint density at radius 3 is 2.66 bits per heavy atom. The summed E-state index contributed by atoms with van der Waals surface area (Å²) in [5.41, 5.74) is 0.778. The van der Waals surface area contributed by atoms with E-state index < -0.39 is 0 Å². The number of thioether (sulfide) groups is 1. The summed E-state index contributed by atoms with van der Waals surface area (Å²) < 4.78 is 11.3. The van der Waals surface area contributed by atoms with Gasteiger partial charge in [-0.1, -0.05) is 38.8 Å². The lowest BCUT2D eigenvalue weighted by atomic mass is 9.92. The molecule has 2 fully saturated rings. The maximum Gasteiger partial charge on any atom is 0.252 e. The second-order valence-corrected chi connectivity index (χ2v) is 9.01. The Hall–Kier alpha value is -1.08. The van der Waals surface area contributed by atoms with E-state index in [1.54, 1.807) is 11.8 Å². The van der Waals surface area contributed by atoms with E-state index in [0.29, 0.717) is 24.6 Å². The maximum absolute atomic E-state index is 13.0. The van der Waals surface area contributed by atoms with Gasteiger partial charge in [-0.05, 0) is 30.9 Å². The zero-order valence-electron chi connectivity index (χ0n) is 17.9. The number of benzene rings is 1. The Balaban J connectivity index is 1.61. The zero-order valence-corrected chi connectivity index (χ0v) is 18.7. The Kier molecular flexibility index (Phi) is 9.31. The van der Waals surface area contributed by atoms with Crippen molar-refractivity contribution < 1.29 is 14.3 Å². The molecule has 1 aromatic rings. The van der Waals surface area contributed by atoms with Crippen LogP contribution >= 0.6 is 11.8 Å². The van der Waals surface area contributed by atoms with Gasteiger partial charge >= 0.3 is 0 Å². The summed E-state index contributed by atoms with van der Waals surface area (Å²) in [5.74, 6) is 1.52. The highest BCUT2D eigenvalue weighted by molar-refractivity contribution is 7.99. The number of carbonyl (C=O) groups excluding carboxylic acids is 1. The molecular weight excluding hydrogens is 384 g/mol. The van der Waals surface area contributed by atoms with Crippen molar-refractivity contribution in [3.63, 3.8) is 0 Å². The summed E-state index contributed by atoms with van der Waals surface area (Å²) in [6, 6.07) is 8.31. The first-order valence-electron chi connectivity index (χ1n) is 11.2. The van der Waals surface area contributed by atoms with Crippen LogP contribution in [0.2, 0.25) is 0 Å². The van der Waals surface area contributed by atoms with Gasteiger partial charge in [0.15, 0.2) is 0 Å². The minimum absolute atomic E-state index is 0.0321. The Morgan fingerprint density at radius 1 is 1.21 bits per heavy atom. The standard InChI is InChI=1S/C23H36N2O3S/c1-3-18(4-2)21(25-11-14-27-15-12-25)16-24-23(26)20-9-5-6-10-22(20)29-17-19-8-7-13-28-19/h5-6,9-10,18-19,21H,3-4,7-8,11-17H2,1-2H3,(H,24,26).